The minimum atomic E-state index is -0.279. The first-order valence-corrected chi connectivity index (χ1v) is 11.6. The maximum atomic E-state index is 13.6. The number of fused-ring (bicyclic) bond motifs is 1. The Labute approximate surface area is 199 Å². The Bertz CT molecular complexity index is 1120. The normalized spacial score (nSPS) is 13.9. The third-order valence-electron chi connectivity index (χ3n) is 6.11. The maximum Gasteiger partial charge on any atom is 0.255 e. The summed E-state index contributed by atoms with van der Waals surface area (Å²) in [5.74, 6) is 0.123. The van der Waals surface area contributed by atoms with Crippen LogP contribution in [0.15, 0.2) is 48.8 Å². The number of nitrogens with zero attached hydrogens (tertiary/aromatic N) is 3. The van der Waals surface area contributed by atoms with Crippen LogP contribution in [-0.4, -0.2) is 66.7 Å². The van der Waals surface area contributed by atoms with Gasteiger partial charge in [0.2, 0.25) is 5.91 Å². The van der Waals surface area contributed by atoms with E-state index in [0.717, 1.165) is 31.4 Å². The zero-order chi connectivity index (χ0) is 23.9. The Morgan fingerprint density at radius 3 is 2.71 bits per heavy atom. The zero-order valence-electron chi connectivity index (χ0n) is 19.7. The summed E-state index contributed by atoms with van der Waals surface area (Å²) >= 11 is 0. The lowest BCUT2D eigenvalue weighted by Gasteiger charge is -2.20. The van der Waals surface area contributed by atoms with E-state index < -0.39 is 0 Å². The quantitative estimate of drug-likeness (QED) is 0.425. The van der Waals surface area contributed by atoms with Gasteiger partial charge in [0.15, 0.2) is 0 Å². The number of aromatic nitrogens is 2. The minimum Gasteiger partial charge on any atom is -0.375 e. The van der Waals surface area contributed by atoms with E-state index >= 15 is 0 Å². The molecule has 2 heterocycles. The predicted molar refractivity (Wildman–Crippen MR) is 131 cm³/mol. The highest BCUT2D eigenvalue weighted by molar-refractivity contribution is 6.07. The molecule has 34 heavy (non-hydrogen) atoms. The molecule has 1 aromatic heterocycles. The topological polar surface area (TPSA) is 101 Å². The summed E-state index contributed by atoms with van der Waals surface area (Å²) in [5, 5.41) is 2.81. The fraction of sp³-hybridized carbons (Fsp3) is 0.400. The fourth-order valence-corrected chi connectivity index (χ4v) is 4.23. The molecule has 0 spiro atoms. The highest BCUT2D eigenvalue weighted by Crippen LogP contribution is 2.25. The van der Waals surface area contributed by atoms with Crippen LogP contribution in [0.2, 0.25) is 0 Å². The van der Waals surface area contributed by atoms with Gasteiger partial charge >= 0.3 is 0 Å². The predicted octanol–water partition coefficient (Wildman–Crippen LogP) is 2.05. The number of aryl methyl sites for hydroxylation is 2. The number of ether oxygens (including phenoxy) is 1. The first-order valence-electron chi connectivity index (χ1n) is 11.6. The van der Waals surface area contributed by atoms with Crippen molar-refractivity contribution in [1.82, 2.24) is 25.3 Å². The highest BCUT2D eigenvalue weighted by atomic mass is 16.5. The molecule has 1 aliphatic heterocycles. The molecule has 0 aliphatic carbocycles. The van der Waals surface area contributed by atoms with Crippen LogP contribution in [0, 0.1) is 5.92 Å². The molecule has 3 N–H and O–H groups in total. The molecule has 0 radical (unpaired) electrons. The molecule has 180 valence electrons. The number of hydrogen-bond acceptors (Lipinski definition) is 6. The molecule has 1 fully saturated rings. The number of hydrazine groups is 1. The third-order valence-corrected chi connectivity index (χ3v) is 6.11. The molecule has 2 aromatic carbocycles. The number of amides is 2. The summed E-state index contributed by atoms with van der Waals surface area (Å²) in [4.78, 5) is 32.0. The molecule has 2 amide bonds. The van der Waals surface area contributed by atoms with E-state index in [1.165, 1.54) is 12.7 Å². The zero-order valence-corrected chi connectivity index (χ0v) is 19.7. The van der Waals surface area contributed by atoms with Crippen molar-refractivity contribution in [2.75, 3.05) is 45.7 Å². The average molecular weight is 465 g/mol. The van der Waals surface area contributed by atoms with E-state index in [4.69, 9.17) is 4.74 Å². The lowest BCUT2D eigenvalue weighted by atomic mass is 10.1. The van der Waals surface area contributed by atoms with Crippen molar-refractivity contribution in [2.24, 2.45) is 5.92 Å². The Balaban J connectivity index is 1.61. The monoisotopic (exact) mass is 464 g/mol. The molecular weight excluding hydrogens is 432 g/mol. The molecule has 0 saturated carbocycles. The van der Waals surface area contributed by atoms with Crippen molar-refractivity contribution in [3.8, 4) is 0 Å². The van der Waals surface area contributed by atoms with Crippen LogP contribution in [0.5, 0.6) is 0 Å². The van der Waals surface area contributed by atoms with E-state index in [1.807, 2.05) is 29.8 Å². The largest absolute Gasteiger partial charge is 0.375 e. The number of carbonyl (C=O) groups is 2. The van der Waals surface area contributed by atoms with Crippen molar-refractivity contribution in [3.05, 3.63) is 59.9 Å². The molecule has 0 atom stereocenters. The molecule has 0 bridgehead atoms. The fourth-order valence-electron chi connectivity index (χ4n) is 4.23. The standard InChI is InChI=1S/C25H32N6O3/c1-30(10-8-19-14-27-28-15-19)25(33)21-12-20(29-23(32)16-34-2)13-22-24(21)31(17-26-22)11-9-18-6-4-3-5-7-18/h3-7,12-13,17,19,27-28H,8-11,14-16H2,1-2H3,(H,29,32). The molecule has 1 saturated heterocycles. The molecule has 9 nitrogen and oxygen atoms in total. The number of imidazole rings is 1. The van der Waals surface area contributed by atoms with Crippen LogP contribution in [0.1, 0.15) is 22.3 Å². The Morgan fingerprint density at radius 1 is 1.21 bits per heavy atom. The number of hydrogen-bond donors (Lipinski definition) is 3. The molecule has 3 aromatic rings. The van der Waals surface area contributed by atoms with Crippen LogP contribution in [0.4, 0.5) is 5.69 Å². The van der Waals surface area contributed by atoms with Crippen molar-refractivity contribution < 1.29 is 14.3 Å². The Kier molecular flexibility index (Phi) is 7.89. The second-order valence-electron chi connectivity index (χ2n) is 8.69. The van der Waals surface area contributed by atoms with Crippen LogP contribution >= 0.6 is 0 Å². The van der Waals surface area contributed by atoms with Gasteiger partial charge in [0.25, 0.3) is 5.91 Å². The number of anilines is 1. The van der Waals surface area contributed by atoms with Crippen molar-refractivity contribution in [1.29, 1.82) is 0 Å². The van der Waals surface area contributed by atoms with E-state index in [1.54, 1.807) is 23.4 Å². The van der Waals surface area contributed by atoms with Gasteiger partial charge < -0.3 is 19.5 Å². The van der Waals surface area contributed by atoms with Gasteiger partial charge in [-0.05, 0) is 36.5 Å². The Hall–Kier alpha value is -3.27. The molecule has 4 rings (SSSR count). The van der Waals surface area contributed by atoms with Gasteiger partial charge in [-0.25, -0.2) is 4.98 Å². The van der Waals surface area contributed by atoms with Crippen molar-refractivity contribution >= 4 is 28.5 Å². The average Bonchev–Trinajstić information content (AvgIpc) is 3.51. The summed E-state index contributed by atoms with van der Waals surface area (Å²) in [6.07, 6.45) is 3.49. The third kappa shape index (κ3) is 5.80. The first-order chi connectivity index (χ1) is 16.5. The van der Waals surface area contributed by atoms with Gasteiger partial charge in [-0.1, -0.05) is 30.3 Å². The Morgan fingerprint density at radius 2 is 1.97 bits per heavy atom. The van der Waals surface area contributed by atoms with Gasteiger partial charge in [-0.15, -0.1) is 0 Å². The van der Waals surface area contributed by atoms with E-state index in [-0.39, 0.29) is 18.4 Å². The first kappa shape index (κ1) is 23.9. The maximum absolute atomic E-state index is 13.6. The molecule has 1 aliphatic rings. The summed E-state index contributed by atoms with van der Waals surface area (Å²) in [6, 6.07) is 13.8. The number of nitrogens with one attached hydrogen (secondary N) is 3. The van der Waals surface area contributed by atoms with Crippen LogP contribution in [0.3, 0.4) is 0 Å². The number of carbonyl (C=O) groups excluding carboxylic acids is 2. The van der Waals surface area contributed by atoms with Gasteiger partial charge in [-0.3, -0.25) is 20.4 Å². The second kappa shape index (κ2) is 11.2. The second-order valence-corrected chi connectivity index (χ2v) is 8.69. The van der Waals surface area contributed by atoms with E-state index in [2.05, 4.69) is 33.3 Å². The number of methoxy groups -OCH3 is 1. The summed E-state index contributed by atoms with van der Waals surface area (Å²) in [7, 11) is 3.29. The van der Waals surface area contributed by atoms with E-state index in [9.17, 15) is 9.59 Å². The highest BCUT2D eigenvalue weighted by Gasteiger charge is 2.22. The lowest BCUT2D eigenvalue weighted by molar-refractivity contribution is -0.119. The SMILES string of the molecule is COCC(=O)Nc1cc(C(=O)N(C)CCC2CNNC2)c2c(c1)ncn2CCc1ccccc1. The number of rotatable bonds is 10. The smallest absolute Gasteiger partial charge is 0.255 e. The van der Waals surface area contributed by atoms with Crippen LogP contribution in [0.25, 0.3) is 11.0 Å². The molecule has 9 heteroatoms. The molecular formula is C25H32N6O3. The van der Waals surface area contributed by atoms with Gasteiger partial charge in [0.05, 0.1) is 22.9 Å². The summed E-state index contributed by atoms with van der Waals surface area (Å²) in [6.45, 7) is 3.08. The number of benzene rings is 2. The van der Waals surface area contributed by atoms with Crippen LogP contribution in [-0.2, 0) is 22.5 Å². The summed E-state index contributed by atoms with van der Waals surface area (Å²) < 4.78 is 6.94. The minimum absolute atomic E-state index is 0.0593. The summed E-state index contributed by atoms with van der Waals surface area (Å²) in [5.41, 5.74) is 10.00. The van der Waals surface area contributed by atoms with Crippen molar-refractivity contribution in [3.63, 3.8) is 0 Å². The van der Waals surface area contributed by atoms with Crippen LogP contribution < -0.4 is 16.2 Å². The van der Waals surface area contributed by atoms with Gasteiger partial charge in [-0.2, -0.15) is 0 Å². The van der Waals surface area contributed by atoms with Gasteiger partial charge in [0, 0.05) is 46.0 Å². The van der Waals surface area contributed by atoms with E-state index in [0.29, 0.717) is 35.8 Å². The van der Waals surface area contributed by atoms with Gasteiger partial charge in [0.1, 0.15) is 6.61 Å². The lowest BCUT2D eigenvalue weighted by Crippen LogP contribution is -2.30. The molecule has 0 unspecified atom stereocenters. The van der Waals surface area contributed by atoms with Crippen molar-refractivity contribution in [2.45, 2.75) is 19.4 Å².